The van der Waals surface area contributed by atoms with Crippen LogP contribution in [0.15, 0.2) is 77.3 Å². The molecule has 2 aromatic heterocycles. The second-order valence-electron chi connectivity index (χ2n) is 9.24. The van der Waals surface area contributed by atoms with Gasteiger partial charge < -0.3 is 24.7 Å². The number of thiocarbonyl (C=S) groups is 1. The molecule has 1 amide bonds. The van der Waals surface area contributed by atoms with Crippen molar-refractivity contribution >= 4 is 40.3 Å². The van der Waals surface area contributed by atoms with E-state index in [9.17, 15) is 14.9 Å². The van der Waals surface area contributed by atoms with Crippen LogP contribution >= 0.6 is 12.2 Å². The SMILES string of the molecule is CCC(=O)Nc1ccc(N2C(=S)NC(c3ccccn3)C2c2ccc(-c3ccc([N+](=O)[O-])cc3OC)o2)cc1C. The smallest absolute Gasteiger partial charge is 0.273 e. The van der Waals surface area contributed by atoms with Gasteiger partial charge in [-0.3, -0.25) is 19.9 Å². The normalized spacial score (nSPS) is 16.5. The Morgan fingerprint density at radius 3 is 2.70 bits per heavy atom. The monoisotopic (exact) mass is 557 g/mol. The van der Waals surface area contributed by atoms with Gasteiger partial charge in [-0.2, -0.15) is 0 Å². The van der Waals surface area contributed by atoms with Gasteiger partial charge in [0, 0.05) is 30.1 Å². The van der Waals surface area contributed by atoms with E-state index in [0.29, 0.717) is 34.4 Å². The summed E-state index contributed by atoms with van der Waals surface area (Å²) in [6, 6.07) is 18.8. The van der Waals surface area contributed by atoms with Gasteiger partial charge in [0.2, 0.25) is 5.91 Å². The van der Waals surface area contributed by atoms with E-state index in [0.717, 1.165) is 22.6 Å². The average molecular weight is 558 g/mol. The predicted molar refractivity (Wildman–Crippen MR) is 155 cm³/mol. The number of methoxy groups -OCH3 is 1. The van der Waals surface area contributed by atoms with Gasteiger partial charge in [-0.25, -0.2) is 0 Å². The lowest BCUT2D eigenvalue weighted by Gasteiger charge is -2.27. The molecule has 5 rings (SSSR count). The number of nitrogens with zero attached hydrogens (tertiary/aromatic N) is 3. The molecule has 0 radical (unpaired) electrons. The third-order valence-electron chi connectivity index (χ3n) is 6.76. The second-order valence-corrected chi connectivity index (χ2v) is 9.63. The Kier molecular flexibility index (Phi) is 7.47. The number of pyridine rings is 1. The molecular weight excluding hydrogens is 530 g/mol. The molecule has 2 unspecified atom stereocenters. The fourth-order valence-corrected chi connectivity index (χ4v) is 5.10. The van der Waals surface area contributed by atoms with Crippen LogP contribution in [0.4, 0.5) is 17.1 Å². The van der Waals surface area contributed by atoms with Crippen molar-refractivity contribution in [2.45, 2.75) is 32.4 Å². The summed E-state index contributed by atoms with van der Waals surface area (Å²) in [5, 5.41) is 18.1. The third-order valence-corrected chi connectivity index (χ3v) is 7.08. The number of benzene rings is 2. The molecule has 10 nitrogen and oxygen atoms in total. The average Bonchev–Trinajstić information content (AvgIpc) is 3.58. The van der Waals surface area contributed by atoms with E-state index in [1.807, 2.05) is 60.4 Å². The first-order valence-corrected chi connectivity index (χ1v) is 13.0. The minimum absolute atomic E-state index is 0.0629. The van der Waals surface area contributed by atoms with Crippen molar-refractivity contribution in [1.29, 1.82) is 0 Å². The molecule has 2 atom stereocenters. The molecule has 4 aromatic rings. The number of hydrogen-bond donors (Lipinski definition) is 2. The number of rotatable bonds is 8. The number of nitro benzene ring substituents is 1. The Balaban J connectivity index is 1.57. The lowest BCUT2D eigenvalue weighted by molar-refractivity contribution is -0.384. The van der Waals surface area contributed by atoms with Crippen molar-refractivity contribution in [3.8, 4) is 17.1 Å². The summed E-state index contributed by atoms with van der Waals surface area (Å²) >= 11 is 5.81. The molecule has 1 aliphatic rings. The number of aromatic nitrogens is 1. The van der Waals surface area contributed by atoms with Crippen LogP contribution < -0.4 is 20.3 Å². The molecular formula is C29H27N5O5S. The lowest BCUT2D eigenvalue weighted by atomic mass is 10.0. The highest BCUT2D eigenvalue weighted by molar-refractivity contribution is 7.80. The van der Waals surface area contributed by atoms with Gasteiger partial charge in [0.15, 0.2) is 5.11 Å². The van der Waals surface area contributed by atoms with Gasteiger partial charge in [-0.1, -0.05) is 13.0 Å². The second kappa shape index (κ2) is 11.1. The fourth-order valence-electron chi connectivity index (χ4n) is 4.75. The van der Waals surface area contributed by atoms with Gasteiger partial charge in [-0.15, -0.1) is 0 Å². The third kappa shape index (κ3) is 5.10. The zero-order chi connectivity index (χ0) is 28.4. The minimum atomic E-state index is -0.471. The highest BCUT2D eigenvalue weighted by Gasteiger charge is 2.42. The Labute approximate surface area is 236 Å². The van der Waals surface area contributed by atoms with Crippen LogP contribution in [0.25, 0.3) is 11.3 Å². The first kappa shape index (κ1) is 26.8. The molecule has 2 aromatic carbocycles. The van der Waals surface area contributed by atoms with E-state index < -0.39 is 11.0 Å². The highest BCUT2D eigenvalue weighted by Crippen LogP contribution is 2.44. The quantitative estimate of drug-likeness (QED) is 0.150. The van der Waals surface area contributed by atoms with E-state index in [4.69, 9.17) is 21.4 Å². The maximum atomic E-state index is 12.0. The number of ether oxygens (including phenoxy) is 1. The number of carbonyl (C=O) groups is 1. The molecule has 0 aliphatic carbocycles. The number of non-ortho nitro benzene ring substituents is 1. The fraction of sp³-hybridized carbons (Fsp3) is 0.207. The molecule has 204 valence electrons. The number of aryl methyl sites for hydroxylation is 1. The molecule has 0 spiro atoms. The molecule has 1 saturated heterocycles. The van der Waals surface area contributed by atoms with Gasteiger partial charge in [0.05, 0.1) is 35.4 Å². The van der Waals surface area contributed by atoms with Crippen molar-refractivity contribution in [3.05, 3.63) is 100 Å². The maximum absolute atomic E-state index is 12.0. The summed E-state index contributed by atoms with van der Waals surface area (Å²) in [5.74, 6) is 1.37. The van der Waals surface area contributed by atoms with Gasteiger partial charge in [0.25, 0.3) is 5.69 Å². The minimum Gasteiger partial charge on any atom is -0.496 e. The van der Waals surface area contributed by atoms with Crippen LogP contribution in [0.3, 0.4) is 0 Å². The van der Waals surface area contributed by atoms with Crippen molar-refractivity contribution in [2.24, 2.45) is 0 Å². The Hall–Kier alpha value is -4.77. The molecule has 11 heteroatoms. The zero-order valence-electron chi connectivity index (χ0n) is 22.1. The molecule has 0 saturated carbocycles. The van der Waals surface area contributed by atoms with Crippen molar-refractivity contribution in [3.63, 3.8) is 0 Å². The number of furan rings is 1. The maximum Gasteiger partial charge on any atom is 0.273 e. The van der Waals surface area contributed by atoms with Crippen molar-refractivity contribution in [2.75, 3.05) is 17.3 Å². The summed E-state index contributed by atoms with van der Waals surface area (Å²) in [6.45, 7) is 3.73. The number of hydrogen-bond acceptors (Lipinski definition) is 7. The molecule has 3 heterocycles. The molecule has 1 fully saturated rings. The lowest BCUT2D eigenvalue weighted by Crippen LogP contribution is -2.29. The molecule has 2 N–H and O–H groups in total. The van der Waals surface area contributed by atoms with Gasteiger partial charge in [-0.05, 0) is 73.2 Å². The number of nitro groups is 1. The Bertz CT molecular complexity index is 1590. The van der Waals surface area contributed by atoms with E-state index in [2.05, 4.69) is 15.6 Å². The van der Waals surface area contributed by atoms with Crippen molar-refractivity contribution < 1.29 is 18.9 Å². The molecule has 1 aliphatic heterocycles. The van der Waals surface area contributed by atoms with Gasteiger partial charge >= 0.3 is 0 Å². The van der Waals surface area contributed by atoms with Crippen LogP contribution in [0.1, 0.15) is 42.4 Å². The van der Waals surface area contributed by atoms with E-state index in [1.165, 1.54) is 19.2 Å². The topological polar surface area (TPSA) is 123 Å². The predicted octanol–water partition coefficient (Wildman–Crippen LogP) is 6.09. The number of nitrogens with one attached hydrogen (secondary N) is 2. The van der Waals surface area contributed by atoms with Crippen molar-refractivity contribution in [1.82, 2.24) is 10.3 Å². The summed E-state index contributed by atoms with van der Waals surface area (Å²) in [4.78, 5) is 29.3. The number of amides is 1. The van der Waals surface area contributed by atoms with E-state index in [1.54, 1.807) is 19.2 Å². The largest absolute Gasteiger partial charge is 0.496 e. The summed E-state index contributed by atoms with van der Waals surface area (Å²) < 4.78 is 11.8. The van der Waals surface area contributed by atoms with E-state index >= 15 is 0 Å². The highest BCUT2D eigenvalue weighted by atomic mass is 32.1. The number of carbonyl (C=O) groups excluding carboxylic acids is 1. The standard InChI is InChI=1S/C29H27N5O5S/c1-4-26(35)31-21-11-9-18(15-17(21)2)33-28(27(32-29(33)40)22-7-5-6-14-30-22)24-13-12-23(39-24)20-10-8-19(34(36)37)16-25(20)38-3/h5-16,27-28H,4H2,1-3H3,(H,31,35)(H,32,40). The first-order chi connectivity index (χ1) is 19.3. The Morgan fingerprint density at radius 1 is 1.20 bits per heavy atom. The molecule has 40 heavy (non-hydrogen) atoms. The van der Waals surface area contributed by atoms with Crippen LogP contribution in [-0.2, 0) is 4.79 Å². The first-order valence-electron chi connectivity index (χ1n) is 12.6. The van der Waals surface area contributed by atoms with Crippen LogP contribution in [0, 0.1) is 17.0 Å². The summed E-state index contributed by atoms with van der Waals surface area (Å²) in [6.07, 6.45) is 2.11. The number of anilines is 2. The van der Waals surface area contributed by atoms with Crippen LogP contribution in [0.5, 0.6) is 5.75 Å². The Morgan fingerprint density at radius 2 is 2.02 bits per heavy atom. The molecule has 0 bridgehead atoms. The summed E-state index contributed by atoms with van der Waals surface area (Å²) in [7, 11) is 1.46. The van der Waals surface area contributed by atoms with Crippen LogP contribution in [0.2, 0.25) is 0 Å². The zero-order valence-corrected chi connectivity index (χ0v) is 22.9. The van der Waals surface area contributed by atoms with E-state index in [-0.39, 0.29) is 17.6 Å². The van der Waals surface area contributed by atoms with Crippen LogP contribution in [-0.4, -0.2) is 28.0 Å². The van der Waals surface area contributed by atoms with Gasteiger partial charge in [0.1, 0.15) is 23.3 Å². The summed E-state index contributed by atoms with van der Waals surface area (Å²) in [5.41, 5.74) is 3.73.